The molecule has 6 nitrogen and oxygen atoms in total. The number of alkyl halides is 2. The summed E-state index contributed by atoms with van der Waals surface area (Å²) in [6.07, 6.45) is 0.645. The molecule has 140 valence electrons. The van der Waals surface area contributed by atoms with Gasteiger partial charge in [-0.1, -0.05) is 12.1 Å². The summed E-state index contributed by atoms with van der Waals surface area (Å²) < 4.78 is 27.5. The summed E-state index contributed by atoms with van der Waals surface area (Å²) in [7, 11) is 0. The first-order valence-electron chi connectivity index (χ1n) is 8.92. The van der Waals surface area contributed by atoms with E-state index >= 15 is 0 Å². The van der Waals surface area contributed by atoms with Crippen LogP contribution < -0.4 is 5.56 Å². The SMILES string of the molecule is O=c1c2ccccc2nc(C2CCCN2Cc2cccnn2)n1CC(F)F. The third-order valence-corrected chi connectivity index (χ3v) is 4.87. The Kier molecular flexibility index (Phi) is 4.89. The van der Waals surface area contributed by atoms with Crippen molar-refractivity contribution in [2.45, 2.75) is 38.4 Å². The van der Waals surface area contributed by atoms with Crippen molar-refractivity contribution in [3.63, 3.8) is 0 Å². The van der Waals surface area contributed by atoms with Crippen molar-refractivity contribution in [1.82, 2.24) is 24.6 Å². The Hall–Kier alpha value is -2.74. The molecule has 1 aliphatic rings. The van der Waals surface area contributed by atoms with Crippen molar-refractivity contribution >= 4 is 10.9 Å². The molecule has 1 aliphatic heterocycles. The van der Waals surface area contributed by atoms with Gasteiger partial charge >= 0.3 is 0 Å². The number of likely N-dealkylation sites (tertiary alicyclic amines) is 1. The van der Waals surface area contributed by atoms with Gasteiger partial charge in [0.05, 0.1) is 29.2 Å². The summed E-state index contributed by atoms with van der Waals surface area (Å²) in [5.74, 6) is 0.403. The van der Waals surface area contributed by atoms with Crippen LogP contribution in [-0.4, -0.2) is 37.6 Å². The van der Waals surface area contributed by atoms with E-state index in [9.17, 15) is 13.6 Å². The molecule has 0 aliphatic carbocycles. The Labute approximate surface area is 154 Å². The quantitative estimate of drug-likeness (QED) is 0.690. The zero-order valence-electron chi connectivity index (χ0n) is 14.6. The summed E-state index contributed by atoms with van der Waals surface area (Å²) in [5.41, 5.74) is 0.921. The van der Waals surface area contributed by atoms with Gasteiger partial charge in [-0.05, 0) is 43.7 Å². The molecule has 1 saturated heterocycles. The molecular formula is C19H19F2N5O. The number of fused-ring (bicyclic) bond motifs is 1. The fourth-order valence-corrected chi connectivity index (χ4v) is 3.69. The number of rotatable bonds is 5. The molecule has 8 heteroatoms. The van der Waals surface area contributed by atoms with Crippen molar-refractivity contribution in [2.75, 3.05) is 6.54 Å². The molecule has 3 aromatic rings. The van der Waals surface area contributed by atoms with E-state index in [2.05, 4.69) is 20.1 Å². The number of aromatic nitrogens is 4. The van der Waals surface area contributed by atoms with E-state index in [0.29, 0.717) is 23.3 Å². The number of halogens is 2. The van der Waals surface area contributed by atoms with Gasteiger partial charge in [0.1, 0.15) is 5.82 Å². The lowest BCUT2D eigenvalue weighted by molar-refractivity contribution is 0.120. The van der Waals surface area contributed by atoms with Crippen LogP contribution in [0.5, 0.6) is 0 Å². The van der Waals surface area contributed by atoms with Gasteiger partial charge in [0.25, 0.3) is 12.0 Å². The standard InChI is InChI=1S/C19H19F2N5O/c20-17(21)12-26-18(23-15-7-2-1-6-14(15)19(26)27)16-8-4-10-25(16)11-13-5-3-9-22-24-13/h1-3,5-7,9,16-17H,4,8,10-12H2. The van der Waals surface area contributed by atoms with E-state index in [1.54, 1.807) is 30.5 Å². The first kappa shape index (κ1) is 17.7. The van der Waals surface area contributed by atoms with Gasteiger partial charge in [-0.25, -0.2) is 13.8 Å². The van der Waals surface area contributed by atoms with Crippen LogP contribution in [0.25, 0.3) is 10.9 Å². The minimum atomic E-state index is -2.63. The van der Waals surface area contributed by atoms with Gasteiger partial charge in [0.15, 0.2) is 0 Å². The fourth-order valence-electron chi connectivity index (χ4n) is 3.69. The lowest BCUT2D eigenvalue weighted by atomic mass is 10.1. The summed E-state index contributed by atoms with van der Waals surface area (Å²) in [4.78, 5) is 19.6. The molecule has 0 amide bonds. The highest BCUT2D eigenvalue weighted by molar-refractivity contribution is 5.77. The molecular weight excluding hydrogens is 352 g/mol. The van der Waals surface area contributed by atoms with Crippen LogP contribution in [0.1, 0.15) is 30.4 Å². The van der Waals surface area contributed by atoms with E-state index in [1.807, 2.05) is 12.1 Å². The van der Waals surface area contributed by atoms with Gasteiger partial charge in [-0.3, -0.25) is 14.3 Å². The predicted octanol–water partition coefficient (Wildman–Crippen LogP) is 2.79. The second-order valence-corrected chi connectivity index (χ2v) is 6.64. The Morgan fingerprint density at radius 1 is 1.19 bits per heavy atom. The lowest BCUT2D eigenvalue weighted by Crippen LogP contribution is -2.33. The van der Waals surface area contributed by atoms with Gasteiger partial charge in [0.2, 0.25) is 0 Å². The molecule has 4 rings (SSSR count). The second-order valence-electron chi connectivity index (χ2n) is 6.64. The third kappa shape index (κ3) is 3.57. The number of benzene rings is 1. The van der Waals surface area contributed by atoms with Crippen molar-refractivity contribution in [1.29, 1.82) is 0 Å². The summed E-state index contributed by atoms with van der Waals surface area (Å²) in [6.45, 7) is 0.677. The Morgan fingerprint density at radius 2 is 2.04 bits per heavy atom. The molecule has 0 saturated carbocycles. The summed E-state index contributed by atoms with van der Waals surface area (Å²) in [6, 6.07) is 10.4. The highest BCUT2D eigenvalue weighted by atomic mass is 19.3. The van der Waals surface area contributed by atoms with Gasteiger partial charge in [-0.2, -0.15) is 10.2 Å². The van der Waals surface area contributed by atoms with Crippen molar-refractivity contribution < 1.29 is 8.78 Å². The van der Waals surface area contributed by atoms with E-state index < -0.39 is 18.5 Å². The maximum absolute atomic E-state index is 13.2. The highest BCUT2D eigenvalue weighted by Gasteiger charge is 2.31. The van der Waals surface area contributed by atoms with E-state index in [1.165, 1.54) is 0 Å². The summed E-state index contributed by atoms with van der Waals surface area (Å²) in [5, 5.41) is 8.36. The smallest absolute Gasteiger partial charge is 0.261 e. The average molecular weight is 371 g/mol. The monoisotopic (exact) mass is 371 g/mol. The van der Waals surface area contributed by atoms with E-state index in [0.717, 1.165) is 29.6 Å². The molecule has 0 spiro atoms. The average Bonchev–Trinajstić information content (AvgIpc) is 3.12. The topological polar surface area (TPSA) is 63.9 Å². The largest absolute Gasteiger partial charge is 0.289 e. The van der Waals surface area contributed by atoms with E-state index in [-0.39, 0.29) is 6.04 Å². The van der Waals surface area contributed by atoms with Crippen LogP contribution in [0.15, 0.2) is 47.4 Å². The lowest BCUT2D eigenvalue weighted by Gasteiger charge is -2.26. The van der Waals surface area contributed by atoms with Crippen molar-refractivity contribution in [3.8, 4) is 0 Å². The zero-order valence-corrected chi connectivity index (χ0v) is 14.6. The highest BCUT2D eigenvalue weighted by Crippen LogP contribution is 2.32. The maximum Gasteiger partial charge on any atom is 0.261 e. The number of hydrogen-bond acceptors (Lipinski definition) is 5. The molecule has 2 aromatic heterocycles. The molecule has 3 heterocycles. The van der Waals surface area contributed by atoms with Gasteiger partial charge in [0, 0.05) is 12.7 Å². The number of nitrogens with zero attached hydrogens (tertiary/aromatic N) is 5. The molecule has 27 heavy (non-hydrogen) atoms. The zero-order chi connectivity index (χ0) is 18.8. The molecule has 1 fully saturated rings. The third-order valence-electron chi connectivity index (χ3n) is 4.87. The predicted molar refractivity (Wildman–Crippen MR) is 96.4 cm³/mol. The number of hydrogen-bond donors (Lipinski definition) is 0. The van der Waals surface area contributed by atoms with Crippen molar-refractivity contribution in [3.05, 3.63) is 64.5 Å². The Morgan fingerprint density at radius 3 is 2.81 bits per heavy atom. The van der Waals surface area contributed by atoms with Crippen LogP contribution in [0.3, 0.4) is 0 Å². The molecule has 0 bridgehead atoms. The molecule has 1 atom stereocenters. The van der Waals surface area contributed by atoms with Crippen LogP contribution in [0, 0.1) is 0 Å². The summed E-state index contributed by atoms with van der Waals surface area (Å²) >= 11 is 0. The molecule has 1 aromatic carbocycles. The minimum Gasteiger partial charge on any atom is -0.289 e. The molecule has 1 unspecified atom stereocenters. The molecule has 0 radical (unpaired) electrons. The van der Waals surface area contributed by atoms with Crippen LogP contribution in [-0.2, 0) is 13.1 Å². The normalized spacial score (nSPS) is 17.8. The Balaban J connectivity index is 1.77. The second kappa shape index (κ2) is 7.48. The maximum atomic E-state index is 13.2. The van der Waals surface area contributed by atoms with Crippen molar-refractivity contribution in [2.24, 2.45) is 0 Å². The number of para-hydroxylation sites is 1. The fraction of sp³-hybridized carbons (Fsp3) is 0.368. The van der Waals surface area contributed by atoms with E-state index in [4.69, 9.17) is 0 Å². The minimum absolute atomic E-state index is 0.205. The first-order valence-corrected chi connectivity index (χ1v) is 8.92. The van der Waals surface area contributed by atoms with Gasteiger partial charge < -0.3 is 0 Å². The van der Waals surface area contributed by atoms with Crippen LogP contribution >= 0.6 is 0 Å². The van der Waals surface area contributed by atoms with Gasteiger partial charge in [-0.15, -0.1) is 0 Å². The Bertz CT molecular complexity index is 992. The van der Waals surface area contributed by atoms with Crippen LogP contribution in [0.4, 0.5) is 8.78 Å². The first-order chi connectivity index (χ1) is 13.1. The molecule has 0 N–H and O–H groups in total. The van der Waals surface area contributed by atoms with Crippen LogP contribution in [0.2, 0.25) is 0 Å².